The fourth-order valence-corrected chi connectivity index (χ4v) is 2.62. The SMILES string of the molecule is NC(=NO)C1CCCN(CC2CCCO2)C1. The van der Waals surface area contributed by atoms with E-state index < -0.39 is 0 Å². The Bertz CT molecular complexity index is 252. The van der Waals surface area contributed by atoms with Crippen molar-refractivity contribution in [1.29, 1.82) is 0 Å². The summed E-state index contributed by atoms with van der Waals surface area (Å²) in [4.78, 5) is 2.38. The first-order valence-corrected chi connectivity index (χ1v) is 6.11. The third-order valence-corrected chi connectivity index (χ3v) is 3.53. The number of hydrogen-bond acceptors (Lipinski definition) is 4. The van der Waals surface area contributed by atoms with E-state index in [1.165, 1.54) is 12.8 Å². The highest BCUT2D eigenvalue weighted by Crippen LogP contribution is 2.20. The van der Waals surface area contributed by atoms with Crippen LogP contribution in [-0.4, -0.2) is 48.3 Å². The van der Waals surface area contributed by atoms with Gasteiger partial charge in [0.25, 0.3) is 0 Å². The Hall–Kier alpha value is -0.810. The van der Waals surface area contributed by atoms with Gasteiger partial charge in [-0.3, -0.25) is 0 Å². The minimum Gasteiger partial charge on any atom is -0.409 e. The lowest BCUT2D eigenvalue weighted by Crippen LogP contribution is -2.44. The Morgan fingerprint density at radius 1 is 1.44 bits per heavy atom. The second-order valence-corrected chi connectivity index (χ2v) is 4.76. The van der Waals surface area contributed by atoms with E-state index in [0.717, 1.165) is 39.1 Å². The maximum atomic E-state index is 8.68. The number of ether oxygens (including phenoxy) is 1. The first-order chi connectivity index (χ1) is 7.79. The molecule has 16 heavy (non-hydrogen) atoms. The molecule has 0 aromatic rings. The summed E-state index contributed by atoms with van der Waals surface area (Å²) in [6, 6.07) is 0. The maximum absolute atomic E-state index is 8.68. The molecule has 92 valence electrons. The number of rotatable bonds is 3. The van der Waals surface area contributed by atoms with E-state index >= 15 is 0 Å². The van der Waals surface area contributed by atoms with Crippen LogP contribution in [0.25, 0.3) is 0 Å². The highest BCUT2D eigenvalue weighted by Gasteiger charge is 2.26. The Kier molecular flexibility index (Phi) is 4.01. The van der Waals surface area contributed by atoms with Crippen molar-refractivity contribution in [2.75, 3.05) is 26.2 Å². The van der Waals surface area contributed by atoms with E-state index in [2.05, 4.69) is 10.1 Å². The number of hydrogen-bond donors (Lipinski definition) is 2. The van der Waals surface area contributed by atoms with Crippen molar-refractivity contribution < 1.29 is 9.94 Å². The lowest BCUT2D eigenvalue weighted by atomic mass is 9.96. The van der Waals surface area contributed by atoms with Gasteiger partial charge in [0.1, 0.15) is 5.84 Å². The second kappa shape index (κ2) is 5.50. The van der Waals surface area contributed by atoms with E-state index in [-0.39, 0.29) is 5.92 Å². The molecule has 2 atom stereocenters. The average molecular weight is 227 g/mol. The van der Waals surface area contributed by atoms with Crippen LogP contribution in [0.1, 0.15) is 25.7 Å². The van der Waals surface area contributed by atoms with E-state index in [4.69, 9.17) is 15.7 Å². The van der Waals surface area contributed by atoms with Gasteiger partial charge in [-0.25, -0.2) is 0 Å². The molecule has 2 aliphatic heterocycles. The summed E-state index contributed by atoms with van der Waals surface area (Å²) in [5, 5.41) is 11.8. The maximum Gasteiger partial charge on any atom is 0.143 e. The molecule has 2 unspecified atom stereocenters. The molecule has 0 aromatic carbocycles. The van der Waals surface area contributed by atoms with Gasteiger partial charge in [0, 0.05) is 25.6 Å². The fourth-order valence-electron chi connectivity index (χ4n) is 2.62. The van der Waals surface area contributed by atoms with Crippen LogP contribution in [-0.2, 0) is 4.74 Å². The minimum absolute atomic E-state index is 0.208. The van der Waals surface area contributed by atoms with Crippen LogP contribution in [0.2, 0.25) is 0 Å². The molecule has 0 aromatic heterocycles. The topological polar surface area (TPSA) is 71.1 Å². The van der Waals surface area contributed by atoms with Crippen LogP contribution in [0, 0.1) is 5.92 Å². The van der Waals surface area contributed by atoms with Gasteiger partial charge in [-0.2, -0.15) is 0 Å². The van der Waals surface area contributed by atoms with Crippen molar-refractivity contribution >= 4 is 5.84 Å². The van der Waals surface area contributed by atoms with Crippen LogP contribution in [0.5, 0.6) is 0 Å². The van der Waals surface area contributed by atoms with Crippen LogP contribution in [0.15, 0.2) is 5.16 Å². The first kappa shape index (κ1) is 11.7. The zero-order valence-corrected chi connectivity index (χ0v) is 9.64. The minimum atomic E-state index is 0.208. The van der Waals surface area contributed by atoms with E-state index in [9.17, 15) is 0 Å². The molecule has 0 spiro atoms. The molecule has 0 radical (unpaired) electrons. The normalized spacial score (nSPS) is 33.1. The third-order valence-electron chi connectivity index (χ3n) is 3.53. The van der Waals surface area contributed by atoms with Crippen LogP contribution >= 0.6 is 0 Å². The van der Waals surface area contributed by atoms with Crippen molar-refractivity contribution in [2.24, 2.45) is 16.8 Å². The molecule has 5 heteroatoms. The summed E-state index contributed by atoms with van der Waals surface area (Å²) < 4.78 is 5.63. The summed E-state index contributed by atoms with van der Waals surface area (Å²) in [6.07, 6.45) is 4.89. The van der Waals surface area contributed by atoms with Gasteiger partial charge in [-0.1, -0.05) is 5.16 Å². The quantitative estimate of drug-likeness (QED) is 0.321. The smallest absolute Gasteiger partial charge is 0.143 e. The summed E-state index contributed by atoms with van der Waals surface area (Å²) in [5.41, 5.74) is 5.66. The van der Waals surface area contributed by atoms with Gasteiger partial charge in [0.05, 0.1) is 6.10 Å². The molecular weight excluding hydrogens is 206 g/mol. The van der Waals surface area contributed by atoms with Crippen LogP contribution in [0.4, 0.5) is 0 Å². The molecule has 2 fully saturated rings. The Balaban J connectivity index is 1.81. The number of piperidine rings is 1. The molecule has 2 saturated heterocycles. The molecular formula is C11H21N3O2. The number of nitrogens with two attached hydrogens (primary N) is 1. The molecule has 0 saturated carbocycles. The predicted molar refractivity (Wildman–Crippen MR) is 61.5 cm³/mol. The van der Waals surface area contributed by atoms with Crippen molar-refractivity contribution in [3.05, 3.63) is 0 Å². The highest BCUT2D eigenvalue weighted by atomic mass is 16.5. The fraction of sp³-hybridized carbons (Fsp3) is 0.909. The molecule has 3 N–H and O–H groups in total. The largest absolute Gasteiger partial charge is 0.409 e. The van der Waals surface area contributed by atoms with Crippen molar-refractivity contribution in [3.8, 4) is 0 Å². The summed E-state index contributed by atoms with van der Waals surface area (Å²) in [6.45, 7) is 3.90. The molecule has 5 nitrogen and oxygen atoms in total. The lowest BCUT2D eigenvalue weighted by Gasteiger charge is -2.33. The highest BCUT2D eigenvalue weighted by molar-refractivity contribution is 5.82. The number of nitrogens with zero attached hydrogens (tertiary/aromatic N) is 2. The summed E-state index contributed by atoms with van der Waals surface area (Å²) >= 11 is 0. The Morgan fingerprint density at radius 2 is 2.31 bits per heavy atom. The van der Waals surface area contributed by atoms with Gasteiger partial charge in [-0.05, 0) is 32.2 Å². The van der Waals surface area contributed by atoms with Gasteiger partial charge in [0.15, 0.2) is 0 Å². The molecule has 0 amide bonds. The Morgan fingerprint density at radius 3 is 3.00 bits per heavy atom. The molecule has 0 aliphatic carbocycles. The van der Waals surface area contributed by atoms with E-state index in [1.807, 2.05) is 0 Å². The zero-order valence-electron chi connectivity index (χ0n) is 9.64. The van der Waals surface area contributed by atoms with Gasteiger partial charge >= 0.3 is 0 Å². The second-order valence-electron chi connectivity index (χ2n) is 4.76. The number of amidine groups is 1. The van der Waals surface area contributed by atoms with Gasteiger partial charge < -0.3 is 20.6 Å². The average Bonchev–Trinajstić information content (AvgIpc) is 2.81. The zero-order chi connectivity index (χ0) is 11.4. The van der Waals surface area contributed by atoms with Gasteiger partial charge in [-0.15, -0.1) is 0 Å². The molecule has 2 heterocycles. The van der Waals surface area contributed by atoms with Crippen LogP contribution < -0.4 is 5.73 Å². The number of oxime groups is 1. The van der Waals surface area contributed by atoms with Crippen molar-refractivity contribution in [1.82, 2.24) is 4.90 Å². The summed E-state index contributed by atoms with van der Waals surface area (Å²) in [7, 11) is 0. The first-order valence-electron chi connectivity index (χ1n) is 6.11. The number of likely N-dealkylation sites (tertiary alicyclic amines) is 1. The summed E-state index contributed by atoms with van der Waals surface area (Å²) in [5.74, 6) is 0.581. The van der Waals surface area contributed by atoms with Crippen LogP contribution in [0.3, 0.4) is 0 Å². The molecule has 2 rings (SSSR count). The Labute approximate surface area is 96.2 Å². The predicted octanol–water partition coefficient (Wildman–Crippen LogP) is 0.624. The van der Waals surface area contributed by atoms with Crippen molar-refractivity contribution in [3.63, 3.8) is 0 Å². The van der Waals surface area contributed by atoms with Crippen molar-refractivity contribution in [2.45, 2.75) is 31.8 Å². The third kappa shape index (κ3) is 2.86. The lowest BCUT2D eigenvalue weighted by molar-refractivity contribution is 0.0621. The standard InChI is InChI=1S/C11H21N3O2/c12-11(13-15)9-3-1-5-14(7-9)8-10-4-2-6-16-10/h9-10,15H,1-8H2,(H2,12,13). The van der Waals surface area contributed by atoms with Gasteiger partial charge in [0.2, 0.25) is 0 Å². The molecule has 2 aliphatic rings. The van der Waals surface area contributed by atoms with E-state index in [0.29, 0.717) is 11.9 Å². The molecule has 0 bridgehead atoms. The van der Waals surface area contributed by atoms with E-state index in [1.54, 1.807) is 0 Å². The monoisotopic (exact) mass is 227 g/mol.